The number of primary amides is 1. The van der Waals surface area contributed by atoms with Gasteiger partial charge in [-0.25, -0.2) is 0 Å². The molecule has 0 bridgehead atoms. The number of anilines is 1. The van der Waals surface area contributed by atoms with Crippen LogP contribution in [-0.2, 0) is 11.0 Å². The van der Waals surface area contributed by atoms with Crippen molar-refractivity contribution in [2.45, 2.75) is 6.18 Å². The van der Waals surface area contributed by atoms with Gasteiger partial charge in [-0.3, -0.25) is 25.0 Å². The Labute approximate surface area is 154 Å². The van der Waals surface area contributed by atoms with Gasteiger partial charge in [0.25, 0.3) is 0 Å². The van der Waals surface area contributed by atoms with Crippen molar-refractivity contribution in [2.75, 3.05) is 11.9 Å². The first-order valence-electron chi connectivity index (χ1n) is 7.33. The lowest BCUT2D eigenvalue weighted by Crippen LogP contribution is -2.21. The molecule has 28 heavy (non-hydrogen) atoms. The largest absolute Gasteiger partial charge is 0.443 e. The standard InChI is InChI=1S/C15H11F3N4O6/c16-15(17,18)8-1-4-12(11(5-8)22(26)27)28-13-6-9(20-7-14(19)23)2-3-10(13)21(24)25/h1-6,20H,7H2,(H2,19,23). The summed E-state index contributed by atoms with van der Waals surface area (Å²) in [6.45, 7) is -0.308. The molecule has 2 rings (SSSR count). The fourth-order valence-corrected chi connectivity index (χ4v) is 2.09. The molecule has 0 spiro atoms. The number of nitro groups is 2. The summed E-state index contributed by atoms with van der Waals surface area (Å²) in [4.78, 5) is 31.1. The number of benzene rings is 2. The van der Waals surface area contributed by atoms with Gasteiger partial charge in [0.15, 0.2) is 0 Å². The average molecular weight is 400 g/mol. The van der Waals surface area contributed by atoms with Gasteiger partial charge in [0.1, 0.15) is 0 Å². The molecule has 2 aromatic carbocycles. The number of carbonyl (C=O) groups excluding carboxylic acids is 1. The summed E-state index contributed by atoms with van der Waals surface area (Å²) in [7, 11) is 0. The van der Waals surface area contributed by atoms with E-state index in [1.807, 2.05) is 0 Å². The number of nitrogens with zero attached hydrogens (tertiary/aromatic N) is 2. The highest BCUT2D eigenvalue weighted by Gasteiger charge is 2.33. The molecule has 10 nitrogen and oxygen atoms in total. The lowest BCUT2D eigenvalue weighted by molar-refractivity contribution is -0.387. The van der Waals surface area contributed by atoms with Crippen molar-refractivity contribution in [3.8, 4) is 11.5 Å². The molecule has 0 heterocycles. The predicted octanol–water partition coefficient (Wildman–Crippen LogP) is 3.21. The number of nitro benzene ring substituents is 2. The lowest BCUT2D eigenvalue weighted by atomic mass is 10.2. The molecule has 0 fully saturated rings. The molecule has 0 atom stereocenters. The summed E-state index contributed by atoms with van der Waals surface area (Å²) in [5.41, 5.74) is 2.23. The monoisotopic (exact) mass is 400 g/mol. The van der Waals surface area contributed by atoms with Crippen LogP contribution in [0.25, 0.3) is 0 Å². The Morgan fingerprint density at radius 1 is 1.04 bits per heavy atom. The molecule has 0 aromatic heterocycles. The number of nitrogens with one attached hydrogen (secondary N) is 1. The molecule has 2 aromatic rings. The van der Waals surface area contributed by atoms with E-state index in [9.17, 15) is 38.2 Å². The van der Waals surface area contributed by atoms with E-state index in [4.69, 9.17) is 10.5 Å². The Kier molecular flexibility index (Phi) is 5.67. The van der Waals surface area contributed by atoms with Crippen LogP contribution in [0.1, 0.15) is 5.56 Å². The zero-order valence-electron chi connectivity index (χ0n) is 13.7. The molecule has 1 amide bonds. The van der Waals surface area contributed by atoms with Gasteiger partial charge in [0, 0.05) is 23.9 Å². The Bertz CT molecular complexity index is 948. The minimum absolute atomic E-state index is 0.161. The van der Waals surface area contributed by atoms with Crippen molar-refractivity contribution < 1.29 is 32.5 Å². The molecule has 0 radical (unpaired) electrons. The number of rotatable bonds is 7. The smallest absolute Gasteiger partial charge is 0.416 e. The van der Waals surface area contributed by atoms with Gasteiger partial charge in [-0.1, -0.05) is 0 Å². The van der Waals surface area contributed by atoms with Crippen LogP contribution < -0.4 is 15.8 Å². The van der Waals surface area contributed by atoms with Crippen LogP contribution in [0.4, 0.5) is 30.2 Å². The number of ether oxygens (including phenoxy) is 1. The maximum atomic E-state index is 12.8. The minimum Gasteiger partial charge on any atom is -0.443 e. The number of carbonyl (C=O) groups is 1. The van der Waals surface area contributed by atoms with E-state index < -0.39 is 50.4 Å². The molecule has 13 heteroatoms. The summed E-state index contributed by atoms with van der Waals surface area (Å²) in [6.07, 6.45) is -4.83. The first-order valence-corrected chi connectivity index (χ1v) is 7.33. The second kappa shape index (κ2) is 7.77. The summed E-state index contributed by atoms with van der Waals surface area (Å²) >= 11 is 0. The quantitative estimate of drug-likeness (QED) is 0.535. The molecular formula is C15H11F3N4O6. The summed E-state index contributed by atoms with van der Waals surface area (Å²) < 4.78 is 43.5. The molecule has 0 unspecified atom stereocenters. The third-order valence-corrected chi connectivity index (χ3v) is 3.33. The number of alkyl halides is 3. The predicted molar refractivity (Wildman–Crippen MR) is 89.0 cm³/mol. The van der Waals surface area contributed by atoms with Crippen LogP contribution in [0, 0.1) is 20.2 Å². The number of nitrogens with two attached hydrogens (primary N) is 1. The van der Waals surface area contributed by atoms with E-state index in [0.717, 1.165) is 12.1 Å². The van der Waals surface area contributed by atoms with Crippen LogP contribution >= 0.6 is 0 Å². The molecule has 0 saturated heterocycles. The van der Waals surface area contributed by atoms with Crippen molar-refractivity contribution in [1.82, 2.24) is 0 Å². The third kappa shape index (κ3) is 4.84. The maximum absolute atomic E-state index is 12.8. The molecule has 148 valence electrons. The number of amides is 1. The number of halogens is 3. The Morgan fingerprint density at radius 3 is 2.21 bits per heavy atom. The van der Waals surface area contributed by atoms with E-state index in [1.165, 1.54) is 6.07 Å². The van der Waals surface area contributed by atoms with E-state index >= 15 is 0 Å². The van der Waals surface area contributed by atoms with Gasteiger partial charge >= 0.3 is 17.6 Å². The highest BCUT2D eigenvalue weighted by molar-refractivity contribution is 5.79. The van der Waals surface area contributed by atoms with Crippen molar-refractivity contribution in [1.29, 1.82) is 0 Å². The van der Waals surface area contributed by atoms with E-state index in [0.29, 0.717) is 12.1 Å². The first-order chi connectivity index (χ1) is 13.0. The topological polar surface area (TPSA) is 151 Å². The van der Waals surface area contributed by atoms with Crippen LogP contribution in [0.15, 0.2) is 36.4 Å². The molecular weight excluding hydrogens is 389 g/mol. The summed E-state index contributed by atoms with van der Waals surface area (Å²) in [5, 5.41) is 24.8. The van der Waals surface area contributed by atoms with Crippen LogP contribution in [-0.4, -0.2) is 22.3 Å². The molecule has 3 N–H and O–H groups in total. The van der Waals surface area contributed by atoms with Crippen LogP contribution in [0.2, 0.25) is 0 Å². The minimum atomic E-state index is -4.83. The second-order valence-corrected chi connectivity index (χ2v) is 5.30. The van der Waals surface area contributed by atoms with E-state index in [1.54, 1.807) is 0 Å². The van der Waals surface area contributed by atoms with Crippen molar-refractivity contribution in [3.05, 3.63) is 62.2 Å². The Balaban J connectivity index is 2.48. The van der Waals surface area contributed by atoms with E-state index in [-0.39, 0.29) is 18.3 Å². The van der Waals surface area contributed by atoms with Gasteiger partial charge in [0.2, 0.25) is 17.4 Å². The Morgan fingerprint density at radius 2 is 1.68 bits per heavy atom. The first kappa shape index (κ1) is 20.4. The zero-order valence-corrected chi connectivity index (χ0v) is 13.7. The number of hydrogen-bond donors (Lipinski definition) is 2. The van der Waals surface area contributed by atoms with Crippen LogP contribution in [0.3, 0.4) is 0 Å². The highest BCUT2D eigenvalue weighted by atomic mass is 19.4. The normalized spacial score (nSPS) is 11.0. The van der Waals surface area contributed by atoms with Crippen LogP contribution in [0.5, 0.6) is 11.5 Å². The zero-order chi connectivity index (χ0) is 21.1. The average Bonchev–Trinajstić information content (AvgIpc) is 2.59. The SMILES string of the molecule is NC(=O)CNc1ccc([N+](=O)[O-])c(Oc2ccc(C(F)(F)F)cc2[N+](=O)[O-])c1. The molecule has 0 aliphatic carbocycles. The van der Waals surface area contributed by atoms with Gasteiger partial charge in [0.05, 0.1) is 22.0 Å². The van der Waals surface area contributed by atoms with Gasteiger partial charge in [-0.05, 0) is 18.2 Å². The molecule has 0 saturated carbocycles. The maximum Gasteiger partial charge on any atom is 0.416 e. The fraction of sp³-hybridized carbons (Fsp3) is 0.133. The number of hydrogen-bond acceptors (Lipinski definition) is 7. The van der Waals surface area contributed by atoms with Gasteiger partial charge < -0.3 is 15.8 Å². The second-order valence-electron chi connectivity index (χ2n) is 5.30. The van der Waals surface area contributed by atoms with Gasteiger partial charge in [-0.15, -0.1) is 0 Å². The van der Waals surface area contributed by atoms with Crippen molar-refractivity contribution in [2.24, 2.45) is 5.73 Å². The molecule has 0 aliphatic heterocycles. The van der Waals surface area contributed by atoms with Gasteiger partial charge in [-0.2, -0.15) is 13.2 Å². The van der Waals surface area contributed by atoms with E-state index in [2.05, 4.69) is 5.32 Å². The Hall–Kier alpha value is -3.90. The summed E-state index contributed by atoms with van der Waals surface area (Å²) in [5.74, 6) is -1.84. The van der Waals surface area contributed by atoms with Crippen molar-refractivity contribution >= 4 is 23.0 Å². The third-order valence-electron chi connectivity index (χ3n) is 3.33. The fourth-order valence-electron chi connectivity index (χ4n) is 2.09. The van der Waals surface area contributed by atoms with Crippen molar-refractivity contribution in [3.63, 3.8) is 0 Å². The lowest BCUT2D eigenvalue weighted by Gasteiger charge is -2.11. The molecule has 0 aliphatic rings. The highest BCUT2D eigenvalue weighted by Crippen LogP contribution is 2.40. The summed E-state index contributed by atoms with van der Waals surface area (Å²) in [6, 6.07) is 4.78.